The van der Waals surface area contributed by atoms with Crippen LogP contribution in [-0.2, 0) is 14.4 Å². The third-order valence-electron chi connectivity index (χ3n) is 7.26. The van der Waals surface area contributed by atoms with Crippen molar-refractivity contribution in [2.24, 2.45) is 5.92 Å². The van der Waals surface area contributed by atoms with Gasteiger partial charge in [-0.05, 0) is 66.2 Å². The van der Waals surface area contributed by atoms with Crippen molar-refractivity contribution in [1.82, 2.24) is 0 Å². The molecule has 216 valence electrons. The predicted molar refractivity (Wildman–Crippen MR) is 155 cm³/mol. The van der Waals surface area contributed by atoms with Crippen molar-refractivity contribution < 1.29 is 33.6 Å². The second-order valence-electron chi connectivity index (χ2n) is 9.75. The molecule has 0 bridgehead atoms. The third kappa shape index (κ3) is 5.05. The molecule has 2 heterocycles. The molecule has 2 saturated heterocycles. The van der Waals surface area contributed by atoms with Crippen LogP contribution in [0.1, 0.15) is 22.0 Å². The molecule has 0 N–H and O–H groups in total. The van der Waals surface area contributed by atoms with Crippen molar-refractivity contribution in [3.05, 3.63) is 123 Å². The van der Waals surface area contributed by atoms with Crippen LogP contribution in [0, 0.1) is 16.0 Å². The van der Waals surface area contributed by atoms with Gasteiger partial charge in [-0.1, -0.05) is 35.9 Å². The standard InChI is InChI=1S/C31H22ClN3O8/c1-41-25-17-19(7-16-24(25)42-31(38)18-5-3-2-4-6-18)27-26-28(43-34(27)22-12-14-23(15-13-22)35(39)40)30(37)33(29(26)36)21-10-8-20(32)9-11-21/h2-17,26-28H,1H3. The van der Waals surface area contributed by atoms with Crippen LogP contribution >= 0.6 is 11.6 Å². The molecular formula is C31H22ClN3O8. The molecule has 11 nitrogen and oxygen atoms in total. The number of anilines is 2. The lowest BCUT2D eigenvalue weighted by Gasteiger charge is -2.29. The summed E-state index contributed by atoms with van der Waals surface area (Å²) in [4.78, 5) is 58.1. The van der Waals surface area contributed by atoms with Gasteiger partial charge in [0.2, 0.25) is 5.91 Å². The number of nitro benzene ring substituents is 1. The molecule has 2 amide bonds. The Labute approximate surface area is 249 Å². The molecule has 2 fully saturated rings. The van der Waals surface area contributed by atoms with Crippen LogP contribution in [0.3, 0.4) is 0 Å². The van der Waals surface area contributed by atoms with Gasteiger partial charge in [0.15, 0.2) is 17.6 Å². The minimum atomic E-state index is -1.18. The van der Waals surface area contributed by atoms with Crippen LogP contribution in [-0.4, -0.2) is 35.9 Å². The molecule has 3 unspecified atom stereocenters. The Morgan fingerprint density at radius 2 is 1.56 bits per heavy atom. The van der Waals surface area contributed by atoms with Gasteiger partial charge in [-0.2, -0.15) is 0 Å². The van der Waals surface area contributed by atoms with E-state index in [1.165, 1.54) is 42.5 Å². The van der Waals surface area contributed by atoms with Crippen molar-refractivity contribution in [3.8, 4) is 11.5 Å². The van der Waals surface area contributed by atoms with Crippen LogP contribution in [0.15, 0.2) is 97.1 Å². The number of rotatable bonds is 7. The number of esters is 1. The topological polar surface area (TPSA) is 129 Å². The van der Waals surface area contributed by atoms with Crippen LogP contribution < -0.4 is 19.4 Å². The molecule has 4 aromatic carbocycles. The maximum Gasteiger partial charge on any atom is 0.343 e. The number of hydrogen-bond acceptors (Lipinski definition) is 9. The summed E-state index contributed by atoms with van der Waals surface area (Å²) in [6.07, 6.45) is -1.18. The summed E-state index contributed by atoms with van der Waals surface area (Å²) >= 11 is 6.01. The maximum atomic E-state index is 13.9. The smallest absolute Gasteiger partial charge is 0.343 e. The number of methoxy groups -OCH3 is 1. The molecule has 6 rings (SSSR count). The lowest BCUT2D eigenvalue weighted by atomic mass is 9.90. The molecule has 4 aromatic rings. The number of ether oxygens (including phenoxy) is 2. The zero-order chi connectivity index (χ0) is 30.2. The van der Waals surface area contributed by atoms with E-state index in [0.29, 0.717) is 27.5 Å². The fourth-order valence-electron chi connectivity index (χ4n) is 5.23. The van der Waals surface area contributed by atoms with E-state index in [1.54, 1.807) is 66.7 Å². The van der Waals surface area contributed by atoms with Crippen molar-refractivity contribution >= 4 is 46.4 Å². The molecule has 0 aromatic heterocycles. The largest absolute Gasteiger partial charge is 0.493 e. The van der Waals surface area contributed by atoms with Crippen molar-refractivity contribution in [3.63, 3.8) is 0 Å². The van der Waals surface area contributed by atoms with Gasteiger partial charge in [0.05, 0.1) is 35.0 Å². The first-order valence-corrected chi connectivity index (χ1v) is 13.4. The minimum absolute atomic E-state index is 0.132. The SMILES string of the molecule is COc1cc(C2C3C(=O)N(c4ccc(Cl)cc4)C(=O)C3ON2c2ccc([N+](=O)[O-])cc2)ccc1OC(=O)c1ccccc1. The number of carbonyl (C=O) groups is 3. The van der Waals surface area contributed by atoms with Crippen LogP contribution in [0.2, 0.25) is 5.02 Å². The van der Waals surface area contributed by atoms with Gasteiger partial charge in [0, 0.05) is 17.2 Å². The van der Waals surface area contributed by atoms with Gasteiger partial charge >= 0.3 is 5.97 Å². The summed E-state index contributed by atoms with van der Waals surface area (Å²) in [6, 6.07) is 24.2. The molecule has 0 aliphatic carbocycles. The predicted octanol–water partition coefficient (Wildman–Crippen LogP) is 5.53. The number of halogens is 1. The Morgan fingerprint density at radius 3 is 2.21 bits per heavy atom. The molecule has 0 spiro atoms. The van der Waals surface area contributed by atoms with E-state index in [1.807, 2.05) is 0 Å². The van der Waals surface area contributed by atoms with E-state index in [0.717, 1.165) is 4.90 Å². The van der Waals surface area contributed by atoms with E-state index in [-0.39, 0.29) is 17.2 Å². The number of hydrogen-bond donors (Lipinski definition) is 0. The van der Waals surface area contributed by atoms with E-state index in [4.69, 9.17) is 25.9 Å². The average Bonchev–Trinajstić information content (AvgIpc) is 3.53. The summed E-state index contributed by atoms with van der Waals surface area (Å²) in [5.74, 6) is -2.27. The second kappa shape index (κ2) is 11.2. The fourth-order valence-corrected chi connectivity index (χ4v) is 5.35. The van der Waals surface area contributed by atoms with Gasteiger partial charge < -0.3 is 9.47 Å². The number of fused-ring (bicyclic) bond motifs is 1. The summed E-state index contributed by atoms with van der Waals surface area (Å²) in [5, 5.41) is 13.1. The average molecular weight is 600 g/mol. The Balaban J connectivity index is 1.39. The van der Waals surface area contributed by atoms with Gasteiger partial charge in [-0.15, -0.1) is 0 Å². The third-order valence-corrected chi connectivity index (χ3v) is 7.51. The van der Waals surface area contributed by atoms with E-state index < -0.39 is 40.8 Å². The van der Waals surface area contributed by atoms with Crippen LogP contribution in [0.25, 0.3) is 0 Å². The number of non-ortho nitro benzene ring substituents is 1. The molecule has 12 heteroatoms. The van der Waals surface area contributed by atoms with Crippen LogP contribution in [0.5, 0.6) is 11.5 Å². The number of imide groups is 1. The number of carbonyl (C=O) groups excluding carboxylic acids is 3. The normalized spacial score (nSPS) is 19.3. The Morgan fingerprint density at radius 1 is 0.884 bits per heavy atom. The molecule has 0 saturated carbocycles. The highest BCUT2D eigenvalue weighted by atomic mass is 35.5. The van der Waals surface area contributed by atoms with E-state index in [9.17, 15) is 24.5 Å². The quantitative estimate of drug-likeness (QED) is 0.0885. The summed E-state index contributed by atoms with van der Waals surface area (Å²) < 4.78 is 11.1. The highest BCUT2D eigenvalue weighted by Crippen LogP contribution is 2.49. The second-order valence-corrected chi connectivity index (χ2v) is 10.2. The van der Waals surface area contributed by atoms with E-state index >= 15 is 0 Å². The van der Waals surface area contributed by atoms with Gasteiger partial charge in [0.25, 0.3) is 11.6 Å². The molecule has 0 radical (unpaired) electrons. The van der Waals surface area contributed by atoms with Crippen molar-refractivity contribution in [1.29, 1.82) is 0 Å². The molecule has 2 aliphatic rings. The monoisotopic (exact) mass is 599 g/mol. The molecule has 3 atom stereocenters. The Kier molecular flexibility index (Phi) is 7.26. The number of hydroxylamine groups is 1. The Hall–Kier alpha value is -5.26. The zero-order valence-electron chi connectivity index (χ0n) is 22.5. The van der Waals surface area contributed by atoms with Crippen LogP contribution in [0.4, 0.5) is 17.1 Å². The van der Waals surface area contributed by atoms with Gasteiger partial charge in [-0.25, -0.2) is 14.8 Å². The van der Waals surface area contributed by atoms with Gasteiger partial charge in [0.1, 0.15) is 5.92 Å². The first-order valence-electron chi connectivity index (χ1n) is 13.1. The summed E-state index contributed by atoms with van der Waals surface area (Å²) in [5.41, 5.74) is 1.47. The fraction of sp³-hybridized carbons (Fsp3) is 0.129. The van der Waals surface area contributed by atoms with E-state index in [2.05, 4.69) is 0 Å². The molecule has 43 heavy (non-hydrogen) atoms. The maximum absolute atomic E-state index is 13.9. The number of nitrogens with zero attached hydrogens (tertiary/aromatic N) is 3. The molecular weight excluding hydrogens is 578 g/mol. The molecule has 2 aliphatic heterocycles. The minimum Gasteiger partial charge on any atom is -0.493 e. The lowest BCUT2D eigenvalue weighted by Crippen LogP contribution is -2.37. The Bertz CT molecular complexity index is 1730. The number of amides is 2. The highest BCUT2D eigenvalue weighted by molar-refractivity contribution is 6.31. The number of benzene rings is 4. The zero-order valence-corrected chi connectivity index (χ0v) is 23.2. The van der Waals surface area contributed by atoms with Crippen molar-refractivity contribution in [2.45, 2.75) is 12.1 Å². The summed E-state index contributed by atoms with van der Waals surface area (Å²) in [7, 11) is 1.41. The van der Waals surface area contributed by atoms with Crippen molar-refractivity contribution in [2.75, 3.05) is 17.1 Å². The highest BCUT2D eigenvalue weighted by Gasteiger charge is 2.60. The van der Waals surface area contributed by atoms with Gasteiger partial charge in [-0.3, -0.25) is 24.5 Å². The number of nitro groups is 1. The summed E-state index contributed by atoms with van der Waals surface area (Å²) in [6.45, 7) is 0. The lowest BCUT2D eigenvalue weighted by molar-refractivity contribution is -0.384. The first kappa shape index (κ1) is 27.9. The first-order chi connectivity index (χ1) is 20.8.